The van der Waals surface area contributed by atoms with Crippen molar-refractivity contribution in [1.82, 2.24) is 10.2 Å². The molecule has 1 rings (SSSR count). The van der Waals surface area contributed by atoms with E-state index in [1.54, 1.807) is 0 Å². The Balaban J connectivity index is 2.69. The summed E-state index contributed by atoms with van der Waals surface area (Å²) in [4.78, 5) is 2.80. The maximum Gasteiger partial charge on any atom is 0.0254 e. The summed E-state index contributed by atoms with van der Waals surface area (Å²) < 4.78 is 0. The highest BCUT2D eigenvalue weighted by molar-refractivity contribution is 4.92. The largest absolute Gasteiger partial charge is 0.313 e. The Bertz CT molecular complexity index is 240. The summed E-state index contributed by atoms with van der Waals surface area (Å²) in [5, 5.41) is 3.76. The van der Waals surface area contributed by atoms with Gasteiger partial charge in [-0.2, -0.15) is 0 Å². The topological polar surface area (TPSA) is 15.3 Å². The molecule has 1 fully saturated rings. The number of hydrogen-bond acceptors (Lipinski definition) is 2. The fourth-order valence-electron chi connectivity index (χ4n) is 3.82. The summed E-state index contributed by atoms with van der Waals surface area (Å²) in [6, 6.07) is 2.14. The molecule has 120 valence electrons. The monoisotopic (exact) mass is 282 g/mol. The Morgan fingerprint density at radius 3 is 2.40 bits per heavy atom. The van der Waals surface area contributed by atoms with Crippen molar-refractivity contribution in [1.29, 1.82) is 0 Å². The molecule has 0 bridgehead atoms. The van der Waals surface area contributed by atoms with Crippen LogP contribution in [0, 0.1) is 5.92 Å². The number of rotatable bonds is 9. The van der Waals surface area contributed by atoms with Gasteiger partial charge in [-0.05, 0) is 58.5 Å². The zero-order chi connectivity index (χ0) is 15.0. The second kappa shape index (κ2) is 9.78. The SMILES string of the molecule is CCCCCN(C(C)C)C1CC(CC)CCC1NCC. The first-order valence-electron chi connectivity index (χ1n) is 9.13. The van der Waals surface area contributed by atoms with E-state index in [2.05, 4.69) is 44.8 Å². The minimum atomic E-state index is 0.675. The molecule has 0 amide bonds. The molecule has 0 radical (unpaired) electrons. The molecule has 0 aliphatic heterocycles. The average molecular weight is 283 g/mol. The van der Waals surface area contributed by atoms with E-state index in [0.717, 1.165) is 18.5 Å². The molecule has 3 unspecified atom stereocenters. The molecule has 20 heavy (non-hydrogen) atoms. The van der Waals surface area contributed by atoms with Gasteiger partial charge in [0.2, 0.25) is 0 Å². The average Bonchev–Trinajstić information content (AvgIpc) is 2.44. The third kappa shape index (κ3) is 5.37. The standard InChI is InChI=1S/C18H38N2/c1-6-9-10-13-20(15(4)5)18-14-16(7-2)11-12-17(18)19-8-3/h15-19H,6-14H2,1-5H3. The minimum Gasteiger partial charge on any atom is -0.313 e. The van der Waals surface area contributed by atoms with Crippen molar-refractivity contribution in [2.75, 3.05) is 13.1 Å². The minimum absolute atomic E-state index is 0.675. The van der Waals surface area contributed by atoms with Gasteiger partial charge < -0.3 is 5.32 Å². The number of nitrogens with one attached hydrogen (secondary N) is 1. The van der Waals surface area contributed by atoms with Gasteiger partial charge in [-0.3, -0.25) is 4.90 Å². The van der Waals surface area contributed by atoms with E-state index >= 15 is 0 Å². The van der Waals surface area contributed by atoms with Crippen molar-refractivity contribution in [2.45, 2.75) is 97.7 Å². The first-order chi connectivity index (χ1) is 9.63. The zero-order valence-corrected chi connectivity index (χ0v) is 14.6. The molecule has 0 aromatic rings. The third-order valence-electron chi connectivity index (χ3n) is 5.08. The first kappa shape index (κ1) is 18.0. The van der Waals surface area contributed by atoms with Crippen LogP contribution in [-0.4, -0.2) is 36.1 Å². The first-order valence-corrected chi connectivity index (χ1v) is 9.13. The van der Waals surface area contributed by atoms with E-state index in [-0.39, 0.29) is 0 Å². The van der Waals surface area contributed by atoms with Crippen LogP contribution in [-0.2, 0) is 0 Å². The number of likely N-dealkylation sites (N-methyl/N-ethyl adjacent to an activating group) is 1. The molecule has 1 aliphatic carbocycles. The summed E-state index contributed by atoms with van der Waals surface area (Å²) in [6.45, 7) is 14.1. The summed E-state index contributed by atoms with van der Waals surface area (Å²) >= 11 is 0. The molecule has 1 saturated carbocycles. The van der Waals surface area contributed by atoms with Crippen molar-refractivity contribution in [3.8, 4) is 0 Å². The molecule has 1 aliphatic rings. The van der Waals surface area contributed by atoms with Crippen LogP contribution < -0.4 is 5.32 Å². The van der Waals surface area contributed by atoms with Gasteiger partial charge in [-0.1, -0.05) is 40.0 Å². The van der Waals surface area contributed by atoms with Crippen LogP contribution in [0.25, 0.3) is 0 Å². The molecule has 0 aromatic carbocycles. The molecule has 0 saturated heterocycles. The molecular formula is C18H38N2. The molecule has 1 N–H and O–H groups in total. The van der Waals surface area contributed by atoms with Crippen molar-refractivity contribution in [2.24, 2.45) is 5.92 Å². The van der Waals surface area contributed by atoms with Crippen molar-refractivity contribution in [3.63, 3.8) is 0 Å². The van der Waals surface area contributed by atoms with Crippen molar-refractivity contribution >= 4 is 0 Å². The van der Waals surface area contributed by atoms with Crippen LogP contribution in [0.1, 0.15) is 79.6 Å². The van der Waals surface area contributed by atoms with E-state index in [4.69, 9.17) is 0 Å². The van der Waals surface area contributed by atoms with Crippen LogP contribution in [0.5, 0.6) is 0 Å². The lowest BCUT2D eigenvalue weighted by atomic mass is 9.79. The molecule has 2 nitrogen and oxygen atoms in total. The lowest BCUT2D eigenvalue weighted by molar-refractivity contribution is 0.0692. The maximum atomic E-state index is 3.76. The van der Waals surface area contributed by atoms with Gasteiger partial charge in [0.15, 0.2) is 0 Å². The second-order valence-electron chi connectivity index (χ2n) is 6.86. The van der Waals surface area contributed by atoms with Crippen LogP contribution in [0.2, 0.25) is 0 Å². The fourth-order valence-corrected chi connectivity index (χ4v) is 3.82. The van der Waals surface area contributed by atoms with Crippen molar-refractivity contribution in [3.05, 3.63) is 0 Å². The fraction of sp³-hybridized carbons (Fsp3) is 1.00. The lowest BCUT2D eigenvalue weighted by Crippen LogP contribution is -2.55. The maximum absolute atomic E-state index is 3.76. The molecular weight excluding hydrogens is 244 g/mol. The highest BCUT2D eigenvalue weighted by Crippen LogP contribution is 2.31. The van der Waals surface area contributed by atoms with Gasteiger partial charge >= 0.3 is 0 Å². The highest BCUT2D eigenvalue weighted by atomic mass is 15.2. The second-order valence-corrected chi connectivity index (χ2v) is 6.86. The number of unbranched alkanes of at least 4 members (excludes halogenated alkanes) is 2. The van der Waals surface area contributed by atoms with Crippen LogP contribution in [0.15, 0.2) is 0 Å². The van der Waals surface area contributed by atoms with Crippen LogP contribution in [0.4, 0.5) is 0 Å². The van der Waals surface area contributed by atoms with E-state index < -0.39 is 0 Å². The van der Waals surface area contributed by atoms with Gasteiger partial charge in [-0.15, -0.1) is 0 Å². The van der Waals surface area contributed by atoms with E-state index in [1.807, 2.05) is 0 Å². The van der Waals surface area contributed by atoms with E-state index in [9.17, 15) is 0 Å². The van der Waals surface area contributed by atoms with E-state index in [1.165, 1.54) is 51.5 Å². The van der Waals surface area contributed by atoms with Crippen LogP contribution >= 0.6 is 0 Å². The van der Waals surface area contributed by atoms with Gasteiger partial charge in [0.25, 0.3) is 0 Å². The van der Waals surface area contributed by atoms with Crippen LogP contribution in [0.3, 0.4) is 0 Å². The molecule has 0 heterocycles. The predicted molar refractivity (Wildman–Crippen MR) is 90.3 cm³/mol. The Hall–Kier alpha value is -0.0800. The Morgan fingerprint density at radius 1 is 1.10 bits per heavy atom. The molecule has 0 aromatic heterocycles. The molecule has 0 spiro atoms. The smallest absolute Gasteiger partial charge is 0.0254 e. The Morgan fingerprint density at radius 2 is 1.85 bits per heavy atom. The summed E-state index contributed by atoms with van der Waals surface area (Å²) in [5.74, 6) is 0.947. The van der Waals surface area contributed by atoms with Gasteiger partial charge in [-0.25, -0.2) is 0 Å². The zero-order valence-electron chi connectivity index (χ0n) is 14.6. The molecule has 2 heteroatoms. The summed E-state index contributed by atoms with van der Waals surface area (Å²) in [7, 11) is 0. The third-order valence-corrected chi connectivity index (χ3v) is 5.08. The van der Waals surface area contributed by atoms with Gasteiger partial charge in [0.05, 0.1) is 0 Å². The van der Waals surface area contributed by atoms with Crippen molar-refractivity contribution < 1.29 is 0 Å². The molecule has 3 atom stereocenters. The van der Waals surface area contributed by atoms with Gasteiger partial charge in [0, 0.05) is 18.1 Å². The Kier molecular flexibility index (Phi) is 8.79. The predicted octanol–water partition coefficient (Wildman–Crippen LogP) is 4.44. The van der Waals surface area contributed by atoms with Gasteiger partial charge in [0.1, 0.15) is 0 Å². The normalized spacial score (nSPS) is 27.4. The lowest BCUT2D eigenvalue weighted by Gasteiger charge is -2.45. The summed E-state index contributed by atoms with van der Waals surface area (Å²) in [5.41, 5.74) is 0. The highest BCUT2D eigenvalue weighted by Gasteiger charge is 2.34. The number of hydrogen-bond donors (Lipinski definition) is 1. The Labute approximate surface area is 127 Å². The summed E-state index contributed by atoms with van der Waals surface area (Å²) in [6.07, 6.45) is 9.61. The quantitative estimate of drug-likeness (QED) is 0.629. The van der Waals surface area contributed by atoms with E-state index in [0.29, 0.717) is 12.1 Å². The number of nitrogens with zero attached hydrogens (tertiary/aromatic N) is 1.